The van der Waals surface area contributed by atoms with Crippen LogP contribution in [0.3, 0.4) is 0 Å². The Bertz CT molecular complexity index is 305. The fraction of sp³-hybridized carbons (Fsp3) is 0.500. The third-order valence-corrected chi connectivity index (χ3v) is 1.74. The van der Waals surface area contributed by atoms with Gasteiger partial charge in [-0.15, -0.1) is 0 Å². The Kier molecular flexibility index (Phi) is 3.71. The van der Waals surface area contributed by atoms with Gasteiger partial charge in [0, 0.05) is 12.7 Å². The average molecular weight is 196 g/mol. The minimum absolute atomic E-state index is 0.294. The number of nitrogens with one attached hydrogen (secondary N) is 1. The van der Waals surface area contributed by atoms with Gasteiger partial charge in [0.25, 0.3) is 0 Å². The summed E-state index contributed by atoms with van der Waals surface area (Å²) in [5, 5.41) is 0. The van der Waals surface area contributed by atoms with Crippen molar-refractivity contribution in [1.29, 1.82) is 0 Å². The summed E-state index contributed by atoms with van der Waals surface area (Å²) in [5.74, 6) is -0.294. The first-order valence-corrected chi connectivity index (χ1v) is 4.62. The number of ether oxygens (including phenoxy) is 1. The van der Waals surface area contributed by atoms with Crippen LogP contribution in [0.1, 0.15) is 23.0 Å². The first kappa shape index (κ1) is 10.8. The molecule has 14 heavy (non-hydrogen) atoms. The molecule has 1 rings (SSSR count). The number of esters is 1. The average Bonchev–Trinajstić information content (AvgIpc) is 2.52. The number of aromatic amines is 1. The molecule has 1 aromatic heterocycles. The molecule has 0 radical (unpaired) electrons. The molecule has 1 heterocycles. The Hall–Kier alpha value is -1.29. The molecule has 1 aromatic rings. The van der Waals surface area contributed by atoms with Crippen molar-refractivity contribution in [3.8, 4) is 0 Å². The molecule has 0 saturated carbocycles. The standard InChI is InChI=1S/C10H16N2O2/c1-4-14-10(13)9-5-8(6-11-9)7-12(2)3/h5-6,11H,4,7H2,1-3H3. The van der Waals surface area contributed by atoms with Gasteiger partial charge in [-0.25, -0.2) is 4.79 Å². The highest BCUT2D eigenvalue weighted by Gasteiger charge is 2.08. The van der Waals surface area contributed by atoms with Crippen molar-refractivity contribution in [3.63, 3.8) is 0 Å². The van der Waals surface area contributed by atoms with Gasteiger partial charge in [0.1, 0.15) is 5.69 Å². The van der Waals surface area contributed by atoms with E-state index in [4.69, 9.17) is 4.74 Å². The summed E-state index contributed by atoms with van der Waals surface area (Å²) in [4.78, 5) is 16.2. The zero-order valence-electron chi connectivity index (χ0n) is 8.83. The molecule has 0 bridgehead atoms. The lowest BCUT2D eigenvalue weighted by Gasteiger charge is -2.06. The van der Waals surface area contributed by atoms with Gasteiger partial charge in [0.05, 0.1) is 6.61 Å². The number of hydrogen-bond acceptors (Lipinski definition) is 3. The molecule has 0 unspecified atom stereocenters. The van der Waals surface area contributed by atoms with Gasteiger partial charge in [-0.3, -0.25) is 0 Å². The molecule has 1 N–H and O–H groups in total. The van der Waals surface area contributed by atoms with Crippen LogP contribution in [0.2, 0.25) is 0 Å². The van der Waals surface area contributed by atoms with Crippen molar-refractivity contribution in [2.75, 3.05) is 20.7 Å². The first-order valence-electron chi connectivity index (χ1n) is 4.62. The maximum atomic E-state index is 11.3. The molecular formula is C10H16N2O2. The van der Waals surface area contributed by atoms with Gasteiger partial charge in [-0.2, -0.15) is 0 Å². The topological polar surface area (TPSA) is 45.3 Å². The third kappa shape index (κ3) is 2.88. The molecule has 0 aromatic carbocycles. The van der Waals surface area contributed by atoms with Crippen LogP contribution in [0, 0.1) is 0 Å². The molecule has 0 amide bonds. The summed E-state index contributed by atoms with van der Waals surface area (Å²) in [7, 11) is 3.97. The van der Waals surface area contributed by atoms with Crippen LogP contribution in [0.15, 0.2) is 12.3 Å². The zero-order chi connectivity index (χ0) is 10.6. The molecule has 78 valence electrons. The van der Waals surface area contributed by atoms with Gasteiger partial charge >= 0.3 is 5.97 Å². The number of hydrogen-bond donors (Lipinski definition) is 1. The highest BCUT2D eigenvalue weighted by Crippen LogP contribution is 2.06. The van der Waals surface area contributed by atoms with Gasteiger partial charge in [-0.1, -0.05) is 0 Å². The van der Waals surface area contributed by atoms with Gasteiger partial charge < -0.3 is 14.6 Å². The predicted octanol–water partition coefficient (Wildman–Crippen LogP) is 1.25. The monoisotopic (exact) mass is 196 g/mol. The molecule has 0 atom stereocenters. The fourth-order valence-corrected chi connectivity index (χ4v) is 1.22. The minimum atomic E-state index is -0.294. The summed E-state index contributed by atoms with van der Waals surface area (Å²) in [6.07, 6.45) is 1.83. The van der Waals surface area contributed by atoms with Crippen LogP contribution in [-0.4, -0.2) is 36.6 Å². The summed E-state index contributed by atoms with van der Waals surface area (Å²) in [6, 6.07) is 1.82. The second-order valence-electron chi connectivity index (χ2n) is 3.38. The minimum Gasteiger partial charge on any atom is -0.461 e. The van der Waals surface area contributed by atoms with E-state index < -0.39 is 0 Å². The smallest absolute Gasteiger partial charge is 0.354 e. The summed E-state index contributed by atoms with van der Waals surface area (Å²) >= 11 is 0. The van der Waals surface area contributed by atoms with Gasteiger partial charge in [0.15, 0.2) is 0 Å². The van der Waals surface area contributed by atoms with E-state index in [2.05, 4.69) is 4.98 Å². The normalized spacial score (nSPS) is 10.6. The molecule has 4 heteroatoms. The van der Waals surface area contributed by atoms with E-state index in [0.29, 0.717) is 12.3 Å². The third-order valence-electron chi connectivity index (χ3n) is 1.74. The molecule has 0 saturated heterocycles. The van der Waals surface area contributed by atoms with E-state index in [9.17, 15) is 4.79 Å². The Labute approximate surface area is 83.9 Å². The SMILES string of the molecule is CCOC(=O)c1cc(CN(C)C)c[nH]1. The number of nitrogens with zero attached hydrogens (tertiary/aromatic N) is 1. The summed E-state index contributed by atoms with van der Waals surface area (Å²) < 4.78 is 4.86. The zero-order valence-corrected chi connectivity index (χ0v) is 8.83. The van der Waals surface area contributed by atoms with Crippen LogP contribution < -0.4 is 0 Å². The van der Waals surface area contributed by atoms with Gasteiger partial charge in [-0.05, 0) is 32.6 Å². The molecule has 0 aliphatic rings. The Morgan fingerprint density at radius 1 is 1.57 bits per heavy atom. The highest BCUT2D eigenvalue weighted by molar-refractivity contribution is 5.87. The lowest BCUT2D eigenvalue weighted by atomic mass is 10.3. The van der Waals surface area contributed by atoms with Gasteiger partial charge in [0.2, 0.25) is 0 Å². The van der Waals surface area contributed by atoms with Crippen LogP contribution in [0.25, 0.3) is 0 Å². The Morgan fingerprint density at radius 3 is 2.86 bits per heavy atom. The first-order chi connectivity index (χ1) is 6.63. The number of aromatic nitrogens is 1. The molecule has 0 aliphatic carbocycles. The predicted molar refractivity (Wildman–Crippen MR) is 54.1 cm³/mol. The Balaban J connectivity index is 2.63. The molecule has 4 nitrogen and oxygen atoms in total. The Morgan fingerprint density at radius 2 is 2.29 bits per heavy atom. The van der Waals surface area contributed by atoms with Crippen molar-refractivity contribution >= 4 is 5.97 Å². The summed E-state index contributed by atoms with van der Waals surface area (Å²) in [5.41, 5.74) is 1.60. The van der Waals surface area contributed by atoms with E-state index in [1.54, 1.807) is 6.92 Å². The molecule has 0 aliphatic heterocycles. The summed E-state index contributed by atoms with van der Waals surface area (Å²) in [6.45, 7) is 3.01. The van der Waals surface area contributed by atoms with Crippen molar-refractivity contribution in [1.82, 2.24) is 9.88 Å². The van der Waals surface area contributed by atoms with Crippen LogP contribution >= 0.6 is 0 Å². The molecular weight excluding hydrogens is 180 g/mol. The highest BCUT2D eigenvalue weighted by atomic mass is 16.5. The quantitative estimate of drug-likeness (QED) is 0.737. The van der Waals surface area contributed by atoms with Crippen molar-refractivity contribution < 1.29 is 9.53 Å². The maximum Gasteiger partial charge on any atom is 0.354 e. The maximum absolute atomic E-state index is 11.3. The van der Waals surface area contributed by atoms with Crippen LogP contribution in [0.5, 0.6) is 0 Å². The number of H-pyrrole nitrogens is 1. The van der Waals surface area contributed by atoms with E-state index in [0.717, 1.165) is 12.1 Å². The number of rotatable bonds is 4. The number of carbonyl (C=O) groups is 1. The fourth-order valence-electron chi connectivity index (χ4n) is 1.22. The number of carbonyl (C=O) groups excluding carboxylic acids is 1. The largest absolute Gasteiger partial charge is 0.461 e. The van der Waals surface area contributed by atoms with E-state index in [-0.39, 0.29) is 5.97 Å². The van der Waals surface area contributed by atoms with Crippen LogP contribution in [0.4, 0.5) is 0 Å². The molecule has 0 fully saturated rings. The second-order valence-corrected chi connectivity index (χ2v) is 3.38. The van der Waals surface area contributed by atoms with E-state index in [1.165, 1.54) is 0 Å². The van der Waals surface area contributed by atoms with Crippen LogP contribution in [-0.2, 0) is 11.3 Å². The lowest BCUT2D eigenvalue weighted by Crippen LogP contribution is -2.09. The van der Waals surface area contributed by atoms with Crippen molar-refractivity contribution in [3.05, 3.63) is 23.5 Å². The lowest BCUT2D eigenvalue weighted by molar-refractivity contribution is 0.0520. The van der Waals surface area contributed by atoms with E-state index >= 15 is 0 Å². The molecule has 0 spiro atoms. The van der Waals surface area contributed by atoms with Crippen molar-refractivity contribution in [2.45, 2.75) is 13.5 Å². The second kappa shape index (κ2) is 4.81. The van der Waals surface area contributed by atoms with E-state index in [1.807, 2.05) is 31.3 Å². The van der Waals surface area contributed by atoms with Crippen molar-refractivity contribution in [2.24, 2.45) is 0 Å².